The number of non-ortho nitro benzene ring substituents is 1. The van der Waals surface area contributed by atoms with Crippen molar-refractivity contribution < 1.29 is 18.1 Å². The van der Waals surface area contributed by atoms with Crippen molar-refractivity contribution in [2.45, 2.75) is 17.4 Å². The number of nitrogens with zero attached hydrogens (tertiary/aromatic N) is 1. The van der Waals surface area contributed by atoms with Crippen molar-refractivity contribution in [2.24, 2.45) is 0 Å². The van der Waals surface area contributed by atoms with Crippen LogP contribution in [-0.2, 0) is 10.0 Å². The van der Waals surface area contributed by atoms with Crippen LogP contribution < -0.4 is 14.8 Å². The highest BCUT2D eigenvalue weighted by Crippen LogP contribution is 2.28. The quantitative estimate of drug-likeness (QED) is 0.595. The fourth-order valence-corrected chi connectivity index (χ4v) is 3.49. The van der Waals surface area contributed by atoms with Crippen LogP contribution in [-0.4, -0.2) is 39.6 Å². The Balaban J connectivity index is 2.37. The number of nitro groups is 1. The van der Waals surface area contributed by atoms with E-state index in [4.69, 9.17) is 4.74 Å². The van der Waals surface area contributed by atoms with Crippen LogP contribution in [0.2, 0.25) is 0 Å². The first kappa shape index (κ1) is 14.7. The first-order valence-electron chi connectivity index (χ1n) is 5.99. The minimum Gasteiger partial charge on any atom is -0.495 e. The lowest BCUT2D eigenvalue weighted by Crippen LogP contribution is -2.36. The summed E-state index contributed by atoms with van der Waals surface area (Å²) in [6, 6.07) is 3.27. The number of methoxy groups -OCH3 is 1. The molecule has 0 aromatic heterocycles. The molecule has 9 heteroatoms. The molecule has 0 unspecified atom stereocenters. The van der Waals surface area contributed by atoms with Crippen LogP contribution >= 0.6 is 0 Å². The summed E-state index contributed by atoms with van der Waals surface area (Å²) in [4.78, 5) is 9.90. The molecule has 0 radical (unpaired) electrons. The predicted octanol–water partition coefficient (Wildman–Crippen LogP) is 0.244. The SMILES string of the molecule is COc1ccc([N+](=O)[O-])cc1S(=O)(=O)N[C@H]1CCNC1. The third-order valence-electron chi connectivity index (χ3n) is 3.03. The van der Waals surface area contributed by atoms with Crippen LogP contribution in [0.5, 0.6) is 5.75 Å². The Kier molecular flexibility index (Phi) is 4.21. The van der Waals surface area contributed by atoms with Gasteiger partial charge in [0, 0.05) is 24.7 Å². The van der Waals surface area contributed by atoms with Gasteiger partial charge in [-0.2, -0.15) is 0 Å². The summed E-state index contributed by atoms with van der Waals surface area (Å²) in [5.74, 6) is 0.0778. The molecule has 2 rings (SSSR count). The third-order valence-corrected chi connectivity index (χ3v) is 4.57. The van der Waals surface area contributed by atoms with Crippen LogP contribution in [0.15, 0.2) is 23.1 Å². The maximum Gasteiger partial charge on any atom is 0.271 e. The van der Waals surface area contributed by atoms with Crippen molar-refractivity contribution in [3.05, 3.63) is 28.3 Å². The number of hydrogen-bond donors (Lipinski definition) is 2. The lowest BCUT2D eigenvalue weighted by molar-refractivity contribution is -0.385. The van der Waals surface area contributed by atoms with Crippen molar-refractivity contribution in [1.82, 2.24) is 10.0 Å². The second-order valence-corrected chi connectivity index (χ2v) is 6.09. The van der Waals surface area contributed by atoms with Crippen molar-refractivity contribution in [3.63, 3.8) is 0 Å². The number of nitro benzene ring substituents is 1. The van der Waals surface area contributed by atoms with Crippen molar-refractivity contribution in [1.29, 1.82) is 0 Å². The molecule has 1 fully saturated rings. The van der Waals surface area contributed by atoms with Crippen LogP contribution in [0.4, 0.5) is 5.69 Å². The fraction of sp³-hybridized carbons (Fsp3) is 0.455. The van der Waals surface area contributed by atoms with Gasteiger partial charge in [0.25, 0.3) is 5.69 Å². The minimum atomic E-state index is -3.86. The summed E-state index contributed by atoms with van der Waals surface area (Å²) in [6.07, 6.45) is 0.677. The highest BCUT2D eigenvalue weighted by molar-refractivity contribution is 7.89. The highest BCUT2D eigenvalue weighted by Gasteiger charge is 2.27. The molecule has 0 bridgehead atoms. The van der Waals surface area contributed by atoms with E-state index in [0.717, 1.165) is 12.6 Å². The van der Waals surface area contributed by atoms with Gasteiger partial charge in [0.05, 0.1) is 12.0 Å². The van der Waals surface area contributed by atoms with Gasteiger partial charge >= 0.3 is 0 Å². The van der Waals surface area contributed by atoms with Crippen molar-refractivity contribution >= 4 is 15.7 Å². The zero-order valence-electron chi connectivity index (χ0n) is 10.8. The molecule has 0 spiro atoms. The van der Waals surface area contributed by atoms with Gasteiger partial charge in [-0.3, -0.25) is 10.1 Å². The second kappa shape index (κ2) is 5.73. The molecule has 0 amide bonds. The van der Waals surface area contributed by atoms with E-state index in [1.54, 1.807) is 0 Å². The van der Waals surface area contributed by atoms with Crippen LogP contribution in [0, 0.1) is 10.1 Å². The lowest BCUT2D eigenvalue weighted by Gasteiger charge is -2.14. The van der Waals surface area contributed by atoms with Crippen LogP contribution in [0.25, 0.3) is 0 Å². The molecule has 2 N–H and O–H groups in total. The molecular formula is C11H15N3O5S. The standard InChI is InChI=1S/C11H15N3O5S/c1-19-10-3-2-9(14(15)16)6-11(10)20(17,18)13-8-4-5-12-7-8/h2-3,6,8,12-13H,4-5,7H2,1H3/t8-/m0/s1. The van der Waals surface area contributed by atoms with Gasteiger partial charge in [-0.15, -0.1) is 0 Å². The molecular weight excluding hydrogens is 286 g/mol. The normalized spacial score (nSPS) is 18.9. The van der Waals surface area contributed by atoms with E-state index in [-0.39, 0.29) is 22.4 Å². The second-order valence-electron chi connectivity index (χ2n) is 4.40. The fourth-order valence-electron chi connectivity index (χ4n) is 2.03. The van der Waals surface area contributed by atoms with Crippen LogP contribution in [0.1, 0.15) is 6.42 Å². The van der Waals surface area contributed by atoms with E-state index in [2.05, 4.69) is 10.0 Å². The summed E-state index contributed by atoms with van der Waals surface area (Å²) in [5.41, 5.74) is -0.296. The van der Waals surface area contributed by atoms with Gasteiger partial charge in [0.1, 0.15) is 10.6 Å². The van der Waals surface area contributed by atoms with Gasteiger partial charge in [-0.1, -0.05) is 0 Å². The third kappa shape index (κ3) is 3.06. The largest absolute Gasteiger partial charge is 0.495 e. The molecule has 1 aromatic carbocycles. The Morgan fingerprint density at radius 2 is 2.25 bits per heavy atom. The molecule has 1 aromatic rings. The summed E-state index contributed by atoms with van der Waals surface area (Å²) in [6.45, 7) is 1.27. The monoisotopic (exact) mass is 301 g/mol. The molecule has 1 saturated heterocycles. The Morgan fingerprint density at radius 1 is 1.50 bits per heavy atom. The molecule has 1 heterocycles. The van der Waals surface area contributed by atoms with E-state index in [9.17, 15) is 18.5 Å². The highest BCUT2D eigenvalue weighted by atomic mass is 32.2. The Labute approximate surface area is 116 Å². The average molecular weight is 301 g/mol. The van der Waals surface area contributed by atoms with Crippen LogP contribution in [0.3, 0.4) is 0 Å². The maximum atomic E-state index is 12.3. The topological polar surface area (TPSA) is 111 Å². The molecule has 1 aliphatic rings. The van der Waals surface area contributed by atoms with Gasteiger partial charge in [-0.05, 0) is 19.0 Å². The van der Waals surface area contributed by atoms with Gasteiger partial charge < -0.3 is 10.1 Å². The van der Waals surface area contributed by atoms with E-state index in [1.165, 1.54) is 19.2 Å². The number of hydrogen-bond acceptors (Lipinski definition) is 6. The molecule has 1 aliphatic heterocycles. The lowest BCUT2D eigenvalue weighted by atomic mass is 10.3. The summed E-state index contributed by atoms with van der Waals surface area (Å²) < 4.78 is 32.1. The first-order valence-corrected chi connectivity index (χ1v) is 7.48. The number of ether oxygens (including phenoxy) is 1. The molecule has 8 nitrogen and oxygen atoms in total. The van der Waals surface area contributed by atoms with Gasteiger partial charge in [0.2, 0.25) is 10.0 Å². The predicted molar refractivity (Wildman–Crippen MR) is 71.2 cm³/mol. The number of nitrogens with one attached hydrogen (secondary N) is 2. The number of benzene rings is 1. The van der Waals surface area contributed by atoms with Gasteiger partial charge in [-0.25, -0.2) is 13.1 Å². The zero-order valence-corrected chi connectivity index (χ0v) is 11.6. The number of rotatable bonds is 5. The summed E-state index contributed by atoms with van der Waals surface area (Å²) >= 11 is 0. The van der Waals surface area contributed by atoms with E-state index in [1.807, 2.05) is 0 Å². The molecule has 0 aliphatic carbocycles. The van der Waals surface area contributed by atoms with E-state index >= 15 is 0 Å². The van der Waals surface area contributed by atoms with E-state index < -0.39 is 14.9 Å². The van der Waals surface area contributed by atoms with E-state index in [0.29, 0.717) is 13.0 Å². The smallest absolute Gasteiger partial charge is 0.271 e. The average Bonchev–Trinajstić information content (AvgIpc) is 2.90. The maximum absolute atomic E-state index is 12.3. The number of sulfonamides is 1. The first-order chi connectivity index (χ1) is 9.44. The minimum absolute atomic E-state index is 0.0778. The van der Waals surface area contributed by atoms with Gasteiger partial charge in [0.15, 0.2) is 0 Å². The zero-order chi connectivity index (χ0) is 14.8. The summed E-state index contributed by atoms with van der Waals surface area (Å²) in [7, 11) is -2.55. The Bertz CT molecular complexity index is 610. The van der Waals surface area contributed by atoms with Crippen molar-refractivity contribution in [3.8, 4) is 5.75 Å². The Morgan fingerprint density at radius 3 is 2.80 bits per heavy atom. The molecule has 110 valence electrons. The molecule has 1 atom stereocenters. The molecule has 20 heavy (non-hydrogen) atoms. The molecule has 0 saturated carbocycles. The Hall–Kier alpha value is -1.71. The van der Waals surface area contributed by atoms with Crippen molar-refractivity contribution in [2.75, 3.05) is 20.2 Å². The summed E-state index contributed by atoms with van der Waals surface area (Å²) in [5, 5.41) is 13.8.